The number of halogens is 1. The average Bonchev–Trinajstić information content (AvgIpc) is 2.50. The molecule has 1 aromatic rings. The molecule has 0 heterocycles. The summed E-state index contributed by atoms with van der Waals surface area (Å²) >= 11 is 5.84. The molecule has 0 aliphatic rings. The number of rotatable bonds is 6. The fourth-order valence-electron chi connectivity index (χ4n) is 1.36. The van der Waals surface area contributed by atoms with Crippen LogP contribution in [0.5, 0.6) is 0 Å². The van der Waals surface area contributed by atoms with Crippen LogP contribution in [0.3, 0.4) is 0 Å². The van der Waals surface area contributed by atoms with Crippen molar-refractivity contribution in [2.45, 2.75) is 4.90 Å². The van der Waals surface area contributed by atoms with Crippen molar-refractivity contribution in [3.05, 3.63) is 28.8 Å². The fraction of sp³-hybridized carbons (Fsp3) is 0.231. The van der Waals surface area contributed by atoms with Gasteiger partial charge in [0.25, 0.3) is 5.91 Å². The van der Waals surface area contributed by atoms with Crippen molar-refractivity contribution in [1.29, 1.82) is 0 Å². The number of ether oxygens (including phenoxy) is 1. The van der Waals surface area contributed by atoms with Gasteiger partial charge in [-0.05, 0) is 25.2 Å². The molecule has 0 fully saturated rings. The molecule has 0 atom stereocenters. The van der Waals surface area contributed by atoms with Crippen LogP contribution >= 0.6 is 11.6 Å². The van der Waals surface area contributed by atoms with Crippen molar-refractivity contribution >= 4 is 33.5 Å². The van der Waals surface area contributed by atoms with Gasteiger partial charge < -0.3 is 10.1 Å². The SMILES string of the molecule is C#CCNC(=O)COC(=O)c1cc(S(=O)(=O)NC)ccc1Cl. The van der Waals surface area contributed by atoms with Gasteiger partial charge in [-0.1, -0.05) is 17.5 Å². The van der Waals surface area contributed by atoms with Gasteiger partial charge in [0.2, 0.25) is 10.0 Å². The first-order chi connectivity index (χ1) is 10.3. The maximum absolute atomic E-state index is 11.9. The van der Waals surface area contributed by atoms with E-state index in [-0.39, 0.29) is 22.0 Å². The second kappa shape index (κ2) is 7.79. The summed E-state index contributed by atoms with van der Waals surface area (Å²) in [7, 11) is -2.50. The zero-order chi connectivity index (χ0) is 16.8. The van der Waals surface area contributed by atoms with E-state index in [9.17, 15) is 18.0 Å². The maximum atomic E-state index is 11.9. The van der Waals surface area contributed by atoms with E-state index < -0.39 is 28.5 Å². The molecule has 0 saturated carbocycles. The number of nitrogens with one attached hydrogen (secondary N) is 2. The number of esters is 1. The van der Waals surface area contributed by atoms with Crippen molar-refractivity contribution in [1.82, 2.24) is 10.0 Å². The van der Waals surface area contributed by atoms with Crippen LogP contribution in [0.1, 0.15) is 10.4 Å². The zero-order valence-electron chi connectivity index (χ0n) is 11.6. The highest BCUT2D eigenvalue weighted by Gasteiger charge is 2.19. The first-order valence-corrected chi connectivity index (χ1v) is 7.78. The largest absolute Gasteiger partial charge is 0.452 e. The van der Waals surface area contributed by atoms with E-state index in [1.165, 1.54) is 19.2 Å². The molecule has 0 radical (unpaired) electrons. The molecule has 0 saturated heterocycles. The lowest BCUT2D eigenvalue weighted by Crippen LogP contribution is -2.29. The van der Waals surface area contributed by atoms with Crippen LogP contribution in [0.4, 0.5) is 0 Å². The zero-order valence-corrected chi connectivity index (χ0v) is 13.1. The first-order valence-electron chi connectivity index (χ1n) is 5.92. The molecule has 0 aliphatic heterocycles. The molecule has 0 spiro atoms. The lowest BCUT2D eigenvalue weighted by molar-refractivity contribution is -0.123. The van der Waals surface area contributed by atoms with Crippen LogP contribution < -0.4 is 10.0 Å². The molecule has 118 valence electrons. The Hall–Kier alpha value is -2.08. The van der Waals surface area contributed by atoms with Crippen molar-refractivity contribution < 1.29 is 22.7 Å². The Kier molecular flexibility index (Phi) is 6.37. The minimum atomic E-state index is -3.73. The number of terminal acetylenes is 1. The normalized spacial score (nSPS) is 10.6. The molecular weight excluding hydrogens is 332 g/mol. The second-order valence-corrected chi connectivity index (χ2v) is 6.20. The highest BCUT2D eigenvalue weighted by atomic mass is 35.5. The number of sulfonamides is 1. The van der Waals surface area contributed by atoms with Crippen LogP contribution in [0, 0.1) is 12.3 Å². The third kappa shape index (κ3) is 4.73. The lowest BCUT2D eigenvalue weighted by Gasteiger charge is -2.08. The van der Waals surface area contributed by atoms with E-state index in [2.05, 4.69) is 16.0 Å². The molecule has 0 bridgehead atoms. The molecule has 0 unspecified atom stereocenters. The predicted molar refractivity (Wildman–Crippen MR) is 79.8 cm³/mol. The molecule has 1 aromatic carbocycles. The number of benzene rings is 1. The van der Waals surface area contributed by atoms with Crippen LogP contribution in [0.2, 0.25) is 5.02 Å². The van der Waals surface area contributed by atoms with Gasteiger partial charge in [-0.15, -0.1) is 6.42 Å². The number of carbonyl (C=O) groups excluding carboxylic acids is 2. The van der Waals surface area contributed by atoms with Crippen LogP contribution in [0.25, 0.3) is 0 Å². The fourth-order valence-corrected chi connectivity index (χ4v) is 2.31. The lowest BCUT2D eigenvalue weighted by atomic mass is 10.2. The summed E-state index contributed by atoms with van der Waals surface area (Å²) < 4.78 is 30.2. The summed E-state index contributed by atoms with van der Waals surface area (Å²) in [5, 5.41) is 2.31. The smallest absolute Gasteiger partial charge is 0.340 e. The number of hydrogen-bond acceptors (Lipinski definition) is 5. The minimum Gasteiger partial charge on any atom is -0.452 e. The quantitative estimate of drug-likeness (QED) is 0.565. The number of hydrogen-bond donors (Lipinski definition) is 2. The third-order valence-electron chi connectivity index (χ3n) is 2.46. The van der Waals surface area contributed by atoms with Crippen molar-refractivity contribution in [3.8, 4) is 12.3 Å². The summed E-state index contributed by atoms with van der Waals surface area (Å²) in [6.45, 7) is -0.549. The van der Waals surface area contributed by atoms with Crippen LogP contribution in [0.15, 0.2) is 23.1 Å². The van der Waals surface area contributed by atoms with Gasteiger partial charge in [-0.25, -0.2) is 17.9 Å². The highest BCUT2D eigenvalue weighted by molar-refractivity contribution is 7.89. The molecule has 0 aromatic heterocycles. The summed E-state index contributed by atoms with van der Waals surface area (Å²) in [6, 6.07) is 3.56. The van der Waals surface area contributed by atoms with Gasteiger partial charge in [0.05, 0.1) is 22.0 Å². The van der Waals surface area contributed by atoms with Crippen molar-refractivity contribution in [2.75, 3.05) is 20.2 Å². The van der Waals surface area contributed by atoms with Gasteiger partial charge in [-0.2, -0.15) is 0 Å². The molecule has 9 heteroatoms. The first kappa shape index (κ1) is 18.0. The van der Waals surface area contributed by atoms with E-state index in [4.69, 9.17) is 22.8 Å². The molecule has 2 N–H and O–H groups in total. The van der Waals surface area contributed by atoms with Gasteiger partial charge >= 0.3 is 5.97 Å². The number of amides is 1. The standard InChI is InChI=1S/C13H13ClN2O5S/c1-3-6-16-12(17)8-21-13(18)10-7-9(4-5-11(10)14)22(19,20)15-2/h1,4-5,7,15H,6,8H2,2H3,(H,16,17). The van der Waals surface area contributed by atoms with Gasteiger partial charge in [0.1, 0.15) is 0 Å². The minimum absolute atomic E-state index is 0.00378. The second-order valence-electron chi connectivity index (χ2n) is 3.91. The molecule has 0 aliphatic carbocycles. The van der Waals surface area contributed by atoms with E-state index in [1.807, 2.05) is 0 Å². The summed E-state index contributed by atoms with van der Waals surface area (Å²) in [4.78, 5) is 23.0. The van der Waals surface area contributed by atoms with Crippen LogP contribution in [-0.2, 0) is 19.6 Å². The Morgan fingerprint density at radius 3 is 2.68 bits per heavy atom. The van der Waals surface area contributed by atoms with E-state index in [0.717, 1.165) is 6.07 Å². The summed E-state index contributed by atoms with van der Waals surface area (Å²) in [5.41, 5.74) is -0.164. The van der Waals surface area contributed by atoms with Gasteiger partial charge in [0.15, 0.2) is 6.61 Å². The predicted octanol–water partition coefficient (Wildman–Crippen LogP) is 0.154. The number of carbonyl (C=O) groups is 2. The van der Waals surface area contributed by atoms with E-state index in [0.29, 0.717) is 0 Å². The Labute approximate surface area is 133 Å². The van der Waals surface area contributed by atoms with Crippen molar-refractivity contribution in [2.24, 2.45) is 0 Å². The average molecular weight is 345 g/mol. The highest BCUT2D eigenvalue weighted by Crippen LogP contribution is 2.21. The van der Waals surface area contributed by atoms with Crippen molar-refractivity contribution in [3.63, 3.8) is 0 Å². The molecule has 22 heavy (non-hydrogen) atoms. The van der Waals surface area contributed by atoms with E-state index in [1.54, 1.807) is 0 Å². The van der Waals surface area contributed by atoms with Gasteiger partial charge in [0, 0.05) is 0 Å². The Bertz CT molecular complexity index is 724. The molecule has 1 rings (SSSR count). The Balaban J connectivity index is 2.88. The topological polar surface area (TPSA) is 102 Å². The Morgan fingerprint density at radius 1 is 1.41 bits per heavy atom. The van der Waals surface area contributed by atoms with E-state index >= 15 is 0 Å². The molecule has 7 nitrogen and oxygen atoms in total. The van der Waals surface area contributed by atoms with Gasteiger partial charge in [-0.3, -0.25) is 4.79 Å². The summed E-state index contributed by atoms with van der Waals surface area (Å²) in [6.07, 6.45) is 4.96. The van der Waals surface area contributed by atoms with Crippen LogP contribution in [-0.4, -0.2) is 40.5 Å². The Morgan fingerprint density at radius 2 is 2.09 bits per heavy atom. The molecular formula is C13H13ClN2O5S. The maximum Gasteiger partial charge on any atom is 0.340 e. The molecule has 1 amide bonds. The monoisotopic (exact) mass is 344 g/mol. The third-order valence-corrected chi connectivity index (χ3v) is 4.20. The summed E-state index contributed by atoms with van der Waals surface area (Å²) in [5.74, 6) is 0.686.